The molecule has 1 aromatic rings. The first-order chi connectivity index (χ1) is 11.6. The number of aryl methyl sites for hydroxylation is 2. The summed E-state index contributed by atoms with van der Waals surface area (Å²) in [6, 6.07) is 1.87. The van der Waals surface area contributed by atoms with Crippen molar-refractivity contribution in [2.24, 2.45) is 11.8 Å². The normalized spacial score (nSPS) is 25.4. The van der Waals surface area contributed by atoms with E-state index < -0.39 is 0 Å². The molecule has 3 heterocycles. The zero-order valence-electron chi connectivity index (χ0n) is 14.9. The van der Waals surface area contributed by atoms with E-state index in [0.717, 1.165) is 38.4 Å². The molecule has 2 atom stereocenters. The van der Waals surface area contributed by atoms with E-state index in [0.29, 0.717) is 18.2 Å². The van der Waals surface area contributed by atoms with E-state index in [4.69, 9.17) is 0 Å². The van der Waals surface area contributed by atoms with Crippen molar-refractivity contribution in [3.63, 3.8) is 0 Å². The maximum Gasteiger partial charge on any atom is 0.274 e. The van der Waals surface area contributed by atoms with Crippen molar-refractivity contribution in [2.45, 2.75) is 39.7 Å². The minimum Gasteiger partial charge on any atom is -0.396 e. The van der Waals surface area contributed by atoms with Gasteiger partial charge in [-0.25, -0.2) is 0 Å². The summed E-state index contributed by atoms with van der Waals surface area (Å²) < 4.78 is 1.86. The summed E-state index contributed by atoms with van der Waals surface area (Å²) in [7, 11) is 0. The highest BCUT2D eigenvalue weighted by atomic mass is 16.3. The van der Waals surface area contributed by atoms with Crippen LogP contribution in [0.1, 0.15) is 42.4 Å². The van der Waals surface area contributed by atoms with Gasteiger partial charge in [0.15, 0.2) is 5.69 Å². The molecule has 0 saturated carbocycles. The topological polar surface area (TPSA) is 61.6 Å². The van der Waals surface area contributed by atoms with Crippen LogP contribution in [0.5, 0.6) is 0 Å². The first-order valence-electron chi connectivity index (χ1n) is 9.29. The van der Waals surface area contributed by atoms with Crippen LogP contribution in [-0.4, -0.2) is 69.9 Å². The Kier molecular flexibility index (Phi) is 5.56. The second-order valence-corrected chi connectivity index (χ2v) is 7.26. The van der Waals surface area contributed by atoms with Crippen LogP contribution in [0.2, 0.25) is 0 Å². The summed E-state index contributed by atoms with van der Waals surface area (Å²) in [6.07, 6.45) is 3.87. The van der Waals surface area contributed by atoms with Crippen molar-refractivity contribution in [2.75, 3.05) is 39.3 Å². The number of aromatic nitrogens is 2. The van der Waals surface area contributed by atoms with Gasteiger partial charge >= 0.3 is 0 Å². The maximum absolute atomic E-state index is 12.8. The van der Waals surface area contributed by atoms with Crippen LogP contribution in [-0.2, 0) is 6.54 Å². The molecule has 2 aliphatic heterocycles. The third-order valence-electron chi connectivity index (χ3n) is 5.54. The Morgan fingerprint density at radius 3 is 2.58 bits per heavy atom. The van der Waals surface area contributed by atoms with Crippen LogP contribution < -0.4 is 0 Å². The molecule has 24 heavy (non-hydrogen) atoms. The van der Waals surface area contributed by atoms with E-state index in [-0.39, 0.29) is 18.4 Å². The van der Waals surface area contributed by atoms with Gasteiger partial charge < -0.3 is 14.9 Å². The molecule has 134 valence electrons. The number of nitrogens with zero attached hydrogens (tertiary/aromatic N) is 4. The molecule has 2 aliphatic rings. The minimum atomic E-state index is 0.00453. The van der Waals surface area contributed by atoms with E-state index >= 15 is 0 Å². The fourth-order valence-corrected chi connectivity index (χ4v) is 4.09. The number of amides is 1. The lowest BCUT2D eigenvalue weighted by molar-refractivity contribution is 0.0771. The van der Waals surface area contributed by atoms with Crippen LogP contribution in [0.3, 0.4) is 0 Å². The zero-order chi connectivity index (χ0) is 17.1. The summed E-state index contributed by atoms with van der Waals surface area (Å²) in [5.41, 5.74) is 1.55. The van der Waals surface area contributed by atoms with E-state index in [9.17, 15) is 9.90 Å². The van der Waals surface area contributed by atoms with Crippen molar-refractivity contribution in [3.8, 4) is 0 Å². The molecule has 0 aliphatic carbocycles. The van der Waals surface area contributed by atoms with Crippen LogP contribution >= 0.6 is 0 Å². The molecule has 0 unspecified atom stereocenters. The van der Waals surface area contributed by atoms with Crippen molar-refractivity contribution in [1.82, 2.24) is 19.6 Å². The second kappa shape index (κ2) is 7.66. The average molecular weight is 334 g/mol. The molecule has 6 nitrogen and oxygen atoms in total. The van der Waals surface area contributed by atoms with Crippen LogP contribution in [0.25, 0.3) is 0 Å². The van der Waals surface area contributed by atoms with Gasteiger partial charge in [-0.3, -0.25) is 9.48 Å². The van der Waals surface area contributed by atoms with E-state index in [1.54, 1.807) is 0 Å². The van der Waals surface area contributed by atoms with Gasteiger partial charge in [0.05, 0.1) is 0 Å². The Hall–Kier alpha value is -1.40. The van der Waals surface area contributed by atoms with Gasteiger partial charge in [0, 0.05) is 44.4 Å². The SMILES string of the molecule is CCn1nc(C(=O)N2C[C@@H](CN3CCCCC3)[C@@H](CO)C2)cc1C. The van der Waals surface area contributed by atoms with Crippen LogP contribution in [0.15, 0.2) is 6.07 Å². The highest BCUT2D eigenvalue weighted by Gasteiger charge is 2.36. The summed E-state index contributed by atoms with van der Waals surface area (Å²) in [4.78, 5) is 17.2. The Labute approximate surface area is 144 Å². The second-order valence-electron chi connectivity index (χ2n) is 7.26. The van der Waals surface area contributed by atoms with Crippen LogP contribution in [0.4, 0.5) is 0 Å². The lowest BCUT2D eigenvalue weighted by atomic mass is 9.95. The maximum atomic E-state index is 12.8. The summed E-state index contributed by atoms with van der Waals surface area (Å²) in [5.74, 6) is 0.557. The quantitative estimate of drug-likeness (QED) is 0.884. The molecular weight excluding hydrogens is 304 g/mol. The van der Waals surface area contributed by atoms with Gasteiger partial charge in [0.25, 0.3) is 5.91 Å². The lowest BCUT2D eigenvalue weighted by Crippen LogP contribution is -2.37. The molecule has 2 saturated heterocycles. The standard InChI is InChI=1S/C18H30N4O2/c1-3-22-14(2)9-17(19-22)18(24)21-11-15(16(12-21)13-23)10-20-7-5-4-6-8-20/h9,15-16,23H,3-8,10-13H2,1-2H3/t15-,16-/m1/s1. The number of carbonyl (C=O) groups excluding carboxylic acids is 1. The van der Waals surface area contributed by atoms with Gasteiger partial charge in [-0.2, -0.15) is 5.10 Å². The van der Waals surface area contributed by atoms with E-state index in [1.165, 1.54) is 19.3 Å². The van der Waals surface area contributed by atoms with Gasteiger partial charge in [0.2, 0.25) is 0 Å². The molecule has 1 aromatic heterocycles. The number of hydrogen-bond donors (Lipinski definition) is 1. The molecule has 6 heteroatoms. The highest BCUT2D eigenvalue weighted by molar-refractivity contribution is 5.92. The van der Waals surface area contributed by atoms with Crippen molar-refractivity contribution >= 4 is 5.91 Å². The number of hydrogen-bond acceptors (Lipinski definition) is 4. The smallest absolute Gasteiger partial charge is 0.274 e. The zero-order valence-corrected chi connectivity index (χ0v) is 14.9. The molecule has 0 spiro atoms. The fraction of sp³-hybridized carbons (Fsp3) is 0.778. The molecule has 0 bridgehead atoms. The fourth-order valence-electron chi connectivity index (χ4n) is 4.09. The van der Waals surface area contributed by atoms with Gasteiger partial charge in [-0.15, -0.1) is 0 Å². The third kappa shape index (κ3) is 3.64. The van der Waals surface area contributed by atoms with Gasteiger partial charge in [0.1, 0.15) is 0 Å². The Morgan fingerprint density at radius 1 is 1.25 bits per heavy atom. The van der Waals surface area contributed by atoms with Crippen molar-refractivity contribution in [1.29, 1.82) is 0 Å². The number of piperidine rings is 1. The molecule has 0 radical (unpaired) electrons. The predicted octanol–water partition coefficient (Wildman–Crippen LogP) is 1.38. The molecule has 2 fully saturated rings. The Bertz CT molecular complexity index is 565. The number of carbonyl (C=O) groups is 1. The van der Waals surface area contributed by atoms with Gasteiger partial charge in [-0.1, -0.05) is 6.42 Å². The number of aliphatic hydroxyl groups is 1. The van der Waals surface area contributed by atoms with Crippen LogP contribution in [0, 0.1) is 18.8 Å². The minimum absolute atomic E-state index is 0.00453. The predicted molar refractivity (Wildman–Crippen MR) is 92.9 cm³/mol. The monoisotopic (exact) mass is 334 g/mol. The first-order valence-corrected chi connectivity index (χ1v) is 9.29. The highest BCUT2D eigenvalue weighted by Crippen LogP contribution is 2.26. The molecule has 1 N–H and O–H groups in total. The molecule has 1 amide bonds. The number of aliphatic hydroxyl groups excluding tert-OH is 1. The van der Waals surface area contributed by atoms with E-state index in [2.05, 4.69) is 10.00 Å². The van der Waals surface area contributed by atoms with Crippen molar-refractivity contribution in [3.05, 3.63) is 17.5 Å². The Morgan fingerprint density at radius 2 is 1.96 bits per heavy atom. The molecular formula is C18H30N4O2. The number of likely N-dealkylation sites (tertiary alicyclic amines) is 2. The molecule has 3 rings (SSSR count). The van der Waals surface area contributed by atoms with Crippen molar-refractivity contribution < 1.29 is 9.90 Å². The molecule has 0 aromatic carbocycles. The van der Waals surface area contributed by atoms with E-state index in [1.807, 2.05) is 29.5 Å². The summed E-state index contributed by atoms with van der Waals surface area (Å²) in [6.45, 7) is 9.63. The summed E-state index contributed by atoms with van der Waals surface area (Å²) >= 11 is 0. The van der Waals surface area contributed by atoms with Gasteiger partial charge in [-0.05, 0) is 51.8 Å². The average Bonchev–Trinajstić information content (AvgIpc) is 3.18. The first kappa shape index (κ1) is 17.4. The summed E-state index contributed by atoms with van der Waals surface area (Å²) in [5, 5.41) is 14.2. The largest absolute Gasteiger partial charge is 0.396 e. The number of rotatable bonds is 5. The third-order valence-corrected chi connectivity index (χ3v) is 5.54. The Balaban J connectivity index is 1.64. The lowest BCUT2D eigenvalue weighted by Gasteiger charge is -2.30.